The van der Waals surface area contributed by atoms with Gasteiger partial charge in [-0.05, 0) is 19.8 Å². The molecular formula is C17H25N5O3. The predicted molar refractivity (Wildman–Crippen MR) is 92.6 cm³/mol. The molecule has 1 saturated heterocycles. The Hall–Kier alpha value is -2.38. The summed E-state index contributed by atoms with van der Waals surface area (Å²) < 4.78 is 5.03. The Balaban J connectivity index is 1.58. The number of piperazine rings is 1. The largest absolute Gasteiger partial charge is 0.450 e. The lowest BCUT2D eigenvalue weighted by Crippen LogP contribution is -2.49. The molecule has 8 nitrogen and oxygen atoms in total. The van der Waals surface area contributed by atoms with E-state index in [4.69, 9.17) is 4.74 Å². The molecule has 0 atom stereocenters. The molecule has 1 aromatic heterocycles. The Labute approximate surface area is 147 Å². The molecule has 2 amide bonds. The maximum absolute atomic E-state index is 12.4. The van der Waals surface area contributed by atoms with Gasteiger partial charge >= 0.3 is 6.09 Å². The minimum Gasteiger partial charge on any atom is -0.450 e. The second-order valence-corrected chi connectivity index (χ2v) is 6.39. The number of carbonyl (C=O) groups excluding carboxylic acids is 2. The van der Waals surface area contributed by atoms with Gasteiger partial charge in [-0.3, -0.25) is 4.79 Å². The highest BCUT2D eigenvalue weighted by Gasteiger charge is 2.24. The van der Waals surface area contributed by atoms with Gasteiger partial charge in [-0.15, -0.1) is 0 Å². The number of nitrogens with one attached hydrogen (secondary N) is 1. The van der Waals surface area contributed by atoms with Gasteiger partial charge in [0.25, 0.3) is 5.91 Å². The molecule has 0 unspecified atom stereocenters. The fraction of sp³-hybridized carbons (Fsp3) is 0.647. The molecular weight excluding hydrogens is 322 g/mol. The zero-order chi connectivity index (χ0) is 17.6. The topological polar surface area (TPSA) is 87.7 Å². The van der Waals surface area contributed by atoms with E-state index in [1.165, 1.54) is 19.2 Å². The molecule has 0 radical (unpaired) electrons. The Morgan fingerprint density at radius 1 is 1.20 bits per heavy atom. The number of anilines is 1. The molecule has 2 heterocycles. The van der Waals surface area contributed by atoms with E-state index in [2.05, 4.69) is 20.2 Å². The summed E-state index contributed by atoms with van der Waals surface area (Å²) in [7, 11) is 0. The minimum absolute atomic E-state index is 0.138. The zero-order valence-corrected chi connectivity index (χ0v) is 14.6. The molecule has 1 N–H and O–H groups in total. The first-order chi connectivity index (χ1) is 12.2. The van der Waals surface area contributed by atoms with Crippen LogP contribution >= 0.6 is 0 Å². The molecule has 8 heteroatoms. The lowest BCUT2D eigenvalue weighted by molar-refractivity contribution is 0.0932. The summed E-state index contributed by atoms with van der Waals surface area (Å²) >= 11 is 0. The molecule has 0 aromatic carbocycles. The van der Waals surface area contributed by atoms with Gasteiger partial charge in [-0.2, -0.15) is 0 Å². The van der Waals surface area contributed by atoms with Crippen LogP contribution in [0.15, 0.2) is 12.4 Å². The van der Waals surface area contributed by atoms with Crippen molar-refractivity contribution in [2.24, 2.45) is 0 Å². The predicted octanol–water partition coefficient (Wildman–Crippen LogP) is 1.43. The van der Waals surface area contributed by atoms with E-state index in [1.54, 1.807) is 17.9 Å². The van der Waals surface area contributed by atoms with Crippen molar-refractivity contribution in [1.82, 2.24) is 20.2 Å². The third-order valence-electron chi connectivity index (χ3n) is 4.71. The number of ether oxygens (including phenoxy) is 1. The first kappa shape index (κ1) is 17.4. The standard InChI is InChI=1S/C17H25N5O3/c1-2-25-17(24)22-9-7-21(8-10-22)15-11-14(18-12-19-15)16(23)20-13-5-3-4-6-13/h11-13H,2-10H2,1H3,(H,20,23). The summed E-state index contributed by atoms with van der Waals surface area (Å²) in [6.07, 6.45) is 5.58. The summed E-state index contributed by atoms with van der Waals surface area (Å²) in [6.45, 7) is 4.63. The average molecular weight is 347 g/mol. The molecule has 1 aliphatic carbocycles. The van der Waals surface area contributed by atoms with Crippen LogP contribution in [0.2, 0.25) is 0 Å². The van der Waals surface area contributed by atoms with E-state index in [9.17, 15) is 9.59 Å². The van der Waals surface area contributed by atoms with Gasteiger partial charge in [-0.25, -0.2) is 14.8 Å². The Kier molecular flexibility index (Phi) is 5.67. The average Bonchev–Trinajstić information content (AvgIpc) is 3.15. The molecule has 0 spiro atoms. The Morgan fingerprint density at radius 2 is 1.92 bits per heavy atom. The normalized spacial score (nSPS) is 18.3. The van der Waals surface area contributed by atoms with Gasteiger partial charge in [0.2, 0.25) is 0 Å². The molecule has 2 aliphatic rings. The molecule has 25 heavy (non-hydrogen) atoms. The van der Waals surface area contributed by atoms with Gasteiger partial charge in [0, 0.05) is 38.3 Å². The molecule has 3 rings (SSSR count). The zero-order valence-electron chi connectivity index (χ0n) is 14.6. The quantitative estimate of drug-likeness (QED) is 0.886. The van der Waals surface area contributed by atoms with Crippen LogP contribution in [-0.2, 0) is 4.74 Å². The lowest BCUT2D eigenvalue weighted by atomic mass is 10.2. The highest BCUT2D eigenvalue weighted by molar-refractivity contribution is 5.93. The number of nitrogens with zero attached hydrogens (tertiary/aromatic N) is 4. The fourth-order valence-corrected chi connectivity index (χ4v) is 3.31. The Bertz CT molecular complexity index is 610. The lowest BCUT2D eigenvalue weighted by Gasteiger charge is -2.34. The number of rotatable bonds is 4. The summed E-state index contributed by atoms with van der Waals surface area (Å²) in [5.74, 6) is 0.579. The highest BCUT2D eigenvalue weighted by Crippen LogP contribution is 2.19. The van der Waals surface area contributed by atoms with Crippen LogP contribution in [0, 0.1) is 0 Å². The number of carbonyl (C=O) groups is 2. The van der Waals surface area contributed by atoms with Crippen molar-refractivity contribution >= 4 is 17.8 Å². The van der Waals surface area contributed by atoms with Crippen LogP contribution in [0.5, 0.6) is 0 Å². The number of hydrogen-bond donors (Lipinski definition) is 1. The van der Waals surface area contributed by atoms with Gasteiger partial charge in [0.15, 0.2) is 0 Å². The molecule has 136 valence electrons. The summed E-state index contributed by atoms with van der Waals surface area (Å²) in [4.78, 5) is 36.3. The molecule has 1 saturated carbocycles. The third kappa shape index (κ3) is 4.37. The Morgan fingerprint density at radius 3 is 2.60 bits per heavy atom. The molecule has 1 aromatic rings. The number of amides is 2. The highest BCUT2D eigenvalue weighted by atomic mass is 16.6. The smallest absolute Gasteiger partial charge is 0.409 e. The number of hydrogen-bond acceptors (Lipinski definition) is 6. The fourth-order valence-electron chi connectivity index (χ4n) is 3.31. The number of aromatic nitrogens is 2. The van der Waals surface area contributed by atoms with E-state index in [0.29, 0.717) is 38.5 Å². The van der Waals surface area contributed by atoms with Crippen molar-refractivity contribution in [2.75, 3.05) is 37.7 Å². The van der Waals surface area contributed by atoms with Crippen molar-refractivity contribution in [3.8, 4) is 0 Å². The van der Waals surface area contributed by atoms with E-state index >= 15 is 0 Å². The first-order valence-corrected chi connectivity index (χ1v) is 8.97. The van der Waals surface area contributed by atoms with Crippen molar-refractivity contribution in [1.29, 1.82) is 0 Å². The summed E-state index contributed by atoms with van der Waals surface area (Å²) in [6, 6.07) is 1.99. The van der Waals surface area contributed by atoms with Crippen LogP contribution in [0.3, 0.4) is 0 Å². The van der Waals surface area contributed by atoms with Crippen LogP contribution in [0.25, 0.3) is 0 Å². The van der Waals surface area contributed by atoms with Crippen LogP contribution in [0.1, 0.15) is 43.1 Å². The van der Waals surface area contributed by atoms with Crippen LogP contribution in [0.4, 0.5) is 10.6 Å². The van der Waals surface area contributed by atoms with E-state index in [-0.39, 0.29) is 18.0 Å². The van der Waals surface area contributed by atoms with Gasteiger partial charge in [0.05, 0.1) is 6.61 Å². The second kappa shape index (κ2) is 8.13. The minimum atomic E-state index is -0.276. The third-order valence-corrected chi connectivity index (χ3v) is 4.71. The van der Waals surface area contributed by atoms with Gasteiger partial charge < -0.3 is 19.9 Å². The maximum atomic E-state index is 12.4. The molecule has 0 bridgehead atoms. The first-order valence-electron chi connectivity index (χ1n) is 8.97. The summed E-state index contributed by atoms with van der Waals surface area (Å²) in [5.41, 5.74) is 0.393. The second-order valence-electron chi connectivity index (χ2n) is 6.39. The van der Waals surface area contributed by atoms with Crippen molar-refractivity contribution in [3.63, 3.8) is 0 Å². The SMILES string of the molecule is CCOC(=O)N1CCN(c2cc(C(=O)NC3CCCC3)ncn2)CC1. The molecule has 1 aliphatic heterocycles. The molecule has 2 fully saturated rings. The van der Waals surface area contributed by atoms with Crippen LogP contribution in [-0.4, -0.2) is 65.7 Å². The van der Waals surface area contributed by atoms with E-state index < -0.39 is 0 Å². The van der Waals surface area contributed by atoms with E-state index in [0.717, 1.165) is 18.7 Å². The monoisotopic (exact) mass is 347 g/mol. The van der Waals surface area contributed by atoms with Gasteiger partial charge in [0.1, 0.15) is 17.8 Å². The van der Waals surface area contributed by atoms with Crippen molar-refractivity contribution in [3.05, 3.63) is 18.1 Å². The van der Waals surface area contributed by atoms with Crippen LogP contribution < -0.4 is 10.2 Å². The maximum Gasteiger partial charge on any atom is 0.409 e. The van der Waals surface area contributed by atoms with Crippen molar-refractivity contribution < 1.29 is 14.3 Å². The van der Waals surface area contributed by atoms with Gasteiger partial charge in [-0.1, -0.05) is 12.8 Å². The van der Waals surface area contributed by atoms with Crippen molar-refractivity contribution in [2.45, 2.75) is 38.6 Å². The van der Waals surface area contributed by atoms with E-state index in [1.807, 2.05) is 0 Å². The summed E-state index contributed by atoms with van der Waals surface area (Å²) in [5, 5.41) is 3.04.